The Labute approximate surface area is 167 Å². The van der Waals surface area contributed by atoms with Crippen LogP contribution in [0.4, 0.5) is 11.8 Å². The molecular weight excluding hydrogens is 374 g/mol. The van der Waals surface area contributed by atoms with Crippen molar-refractivity contribution in [3.8, 4) is 0 Å². The first-order valence-corrected chi connectivity index (χ1v) is 10.3. The average Bonchev–Trinajstić information content (AvgIpc) is 3.15. The molecule has 1 aliphatic rings. The maximum atomic E-state index is 12.7. The minimum atomic E-state index is 0.0731. The molecule has 1 amide bonds. The molecule has 8 nitrogen and oxygen atoms in total. The van der Waals surface area contributed by atoms with E-state index in [0.29, 0.717) is 18.9 Å². The van der Waals surface area contributed by atoms with E-state index in [-0.39, 0.29) is 12.5 Å². The van der Waals surface area contributed by atoms with E-state index in [1.807, 2.05) is 11.8 Å². The van der Waals surface area contributed by atoms with Gasteiger partial charge in [-0.3, -0.25) is 4.79 Å². The number of carbonyl (C=O) groups is 1. The molecule has 146 valence electrons. The zero-order chi connectivity index (χ0) is 19.5. The van der Waals surface area contributed by atoms with Crippen LogP contribution in [0.2, 0.25) is 0 Å². The lowest BCUT2D eigenvalue weighted by molar-refractivity contribution is -0.129. The number of aromatic nitrogens is 4. The Morgan fingerprint density at radius 1 is 1.18 bits per heavy atom. The van der Waals surface area contributed by atoms with Gasteiger partial charge in [0.25, 0.3) is 0 Å². The maximum absolute atomic E-state index is 12.7. The molecule has 9 heteroatoms. The van der Waals surface area contributed by atoms with Crippen LogP contribution in [0.1, 0.15) is 17.6 Å². The molecule has 1 saturated heterocycles. The second-order valence-corrected chi connectivity index (χ2v) is 7.79. The summed E-state index contributed by atoms with van der Waals surface area (Å²) in [6, 6.07) is 3.92. The van der Waals surface area contributed by atoms with Crippen LogP contribution in [-0.2, 0) is 11.2 Å². The Bertz CT molecular complexity index is 967. The van der Waals surface area contributed by atoms with Crippen molar-refractivity contribution < 1.29 is 4.79 Å². The highest BCUT2D eigenvalue weighted by molar-refractivity contribution is 7.18. The number of hydrogen-bond donors (Lipinski definition) is 1. The van der Waals surface area contributed by atoms with E-state index < -0.39 is 0 Å². The van der Waals surface area contributed by atoms with Crippen LogP contribution in [0.3, 0.4) is 0 Å². The first-order chi connectivity index (χ1) is 13.6. The molecule has 0 spiro atoms. The summed E-state index contributed by atoms with van der Waals surface area (Å²) in [4.78, 5) is 36.5. The van der Waals surface area contributed by atoms with Gasteiger partial charge in [-0.15, -0.1) is 11.3 Å². The van der Waals surface area contributed by atoms with Gasteiger partial charge in [0.15, 0.2) is 0 Å². The number of fused-ring (bicyclic) bond motifs is 1. The molecule has 1 fully saturated rings. The van der Waals surface area contributed by atoms with Gasteiger partial charge in [-0.25, -0.2) is 19.9 Å². The number of amides is 1. The van der Waals surface area contributed by atoms with Crippen molar-refractivity contribution in [1.82, 2.24) is 24.8 Å². The largest absolute Gasteiger partial charge is 0.360 e. The predicted molar refractivity (Wildman–Crippen MR) is 111 cm³/mol. The highest BCUT2D eigenvalue weighted by Crippen LogP contribution is 2.29. The van der Waals surface area contributed by atoms with Crippen LogP contribution in [0, 0.1) is 6.92 Å². The minimum absolute atomic E-state index is 0.0731. The highest BCUT2D eigenvalue weighted by Gasteiger charge is 2.22. The molecule has 0 aromatic carbocycles. The van der Waals surface area contributed by atoms with Gasteiger partial charge in [0.1, 0.15) is 16.5 Å². The van der Waals surface area contributed by atoms with Gasteiger partial charge in [-0.2, -0.15) is 0 Å². The van der Waals surface area contributed by atoms with Crippen LogP contribution in [0.25, 0.3) is 10.2 Å². The second kappa shape index (κ2) is 8.05. The summed E-state index contributed by atoms with van der Waals surface area (Å²) in [6.45, 7) is 7.02. The maximum Gasteiger partial charge on any atom is 0.242 e. The standard InChI is InChI=1S/C19H23N7OS/c1-3-14-11-15-17(23-13(2)24-18(15)28-14)22-12-16(27)25-7-9-26(10-8-25)19-20-5-4-6-21-19/h4-6,11H,3,7-10,12H2,1-2H3,(H,22,23,24). The zero-order valence-corrected chi connectivity index (χ0v) is 16.9. The van der Waals surface area contributed by atoms with E-state index in [1.165, 1.54) is 4.88 Å². The van der Waals surface area contributed by atoms with Crippen molar-refractivity contribution in [3.63, 3.8) is 0 Å². The topological polar surface area (TPSA) is 87.1 Å². The molecule has 3 aromatic heterocycles. The Balaban J connectivity index is 1.37. The van der Waals surface area contributed by atoms with Crippen molar-refractivity contribution in [2.45, 2.75) is 20.3 Å². The lowest BCUT2D eigenvalue weighted by atomic mass is 10.3. The van der Waals surface area contributed by atoms with Gasteiger partial charge in [0.05, 0.1) is 11.9 Å². The number of rotatable bonds is 5. The van der Waals surface area contributed by atoms with Crippen LogP contribution in [-0.4, -0.2) is 63.5 Å². The number of piperazine rings is 1. The van der Waals surface area contributed by atoms with E-state index in [1.54, 1.807) is 29.8 Å². The summed E-state index contributed by atoms with van der Waals surface area (Å²) >= 11 is 1.68. The Morgan fingerprint density at radius 3 is 2.64 bits per heavy atom. The van der Waals surface area contributed by atoms with Crippen LogP contribution in [0.15, 0.2) is 24.5 Å². The summed E-state index contributed by atoms with van der Waals surface area (Å²) in [5, 5.41) is 4.22. The summed E-state index contributed by atoms with van der Waals surface area (Å²) in [5.74, 6) is 2.24. The lowest BCUT2D eigenvalue weighted by Crippen LogP contribution is -2.50. The van der Waals surface area contributed by atoms with E-state index in [9.17, 15) is 4.79 Å². The predicted octanol–water partition coefficient (Wildman–Crippen LogP) is 2.11. The molecular formula is C19H23N7OS. The van der Waals surface area contributed by atoms with Gasteiger partial charge >= 0.3 is 0 Å². The fourth-order valence-corrected chi connectivity index (χ4v) is 4.28. The number of hydrogen-bond acceptors (Lipinski definition) is 8. The number of nitrogens with zero attached hydrogens (tertiary/aromatic N) is 6. The van der Waals surface area contributed by atoms with Crippen molar-refractivity contribution in [2.24, 2.45) is 0 Å². The normalized spacial score (nSPS) is 14.5. The molecule has 4 heterocycles. The number of carbonyl (C=O) groups excluding carboxylic acids is 1. The summed E-state index contributed by atoms with van der Waals surface area (Å²) in [5.41, 5.74) is 0. The zero-order valence-electron chi connectivity index (χ0n) is 16.1. The first-order valence-electron chi connectivity index (χ1n) is 9.44. The van der Waals surface area contributed by atoms with Crippen LogP contribution >= 0.6 is 11.3 Å². The third-order valence-electron chi connectivity index (χ3n) is 4.78. The molecule has 0 atom stereocenters. The molecule has 3 aromatic rings. The monoisotopic (exact) mass is 397 g/mol. The second-order valence-electron chi connectivity index (χ2n) is 6.67. The molecule has 0 bridgehead atoms. The SMILES string of the molecule is CCc1cc2c(NCC(=O)N3CCN(c4ncccn4)CC3)nc(C)nc2s1. The average molecular weight is 398 g/mol. The molecule has 0 aliphatic carbocycles. The quantitative estimate of drug-likeness (QED) is 0.705. The molecule has 0 unspecified atom stereocenters. The molecule has 0 saturated carbocycles. The number of anilines is 2. The van der Waals surface area contributed by atoms with Gasteiger partial charge in [0, 0.05) is 43.4 Å². The summed E-state index contributed by atoms with van der Waals surface area (Å²) in [6.07, 6.45) is 4.44. The molecule has 1 aliphatic heterocycles. The van der Waals surface area contributed by atoms with Crippen LogP contribution in [0.5, 0.6) is 0 Å². The van der Waals surface area contributed by atoms with Crippen molar-refractivity contribution in [1.29, 1.82) is 0 Å². The van der Waals surface area contributed by atoms with Gasteiger partial charge < -0.3 is 15.1 Å². The molecule has 4 rings (SSSR count). The Morgan fingerprint density at radius 2 is 1.93 bits per heavy atom. The lowest BCUT2D eigenvalue weighted by Gasteiger charge is -2.34. The smallest absolute Gasteiger partial charge is 0.242 e. The van der Waals surface area contributed by atoms with Gasteiger partial charge in [0.2, 0.25) is 11.9 Å². The van der Waals surface area contributed by atoms with Gasteiger partial charge in [-0.1, -0.05) is 6.92 Å². The number of nitrogens with one attached hydrogen (secondary N) is 1. The van der Waals surface area contributed by atoms with Crippen molar-refractivity contribution in [3.05, 3.63) is 35.2 Å². The molecule has 28 heavy (non-hydrogen) atoms. The van der Waals surface area contributed by atoms with E-state index >= 15 is 0 Å². The highest BCUT2D eigenvalue weighted by atomic mass is 32.1. The number of thiophene rings is 1. The summed E-state index contributed by atoms with van der Waals surface area (Å²) in [7, 11) is 0. The molecule has 0 radical (unpaired) electrons. The van der Waals surface area contributed by atoms with Crippen molar-refractivity contribution in [2.75, 3.05) is 42.9 Å². The third-order valence-corrected chi connectivity index (χ3v) is 5.95. The minimum Gasteiger partial charge on any atom is -0.360 e. The van der Waals surface area contributed by atoms with Crippen LogP contribution < -0.4 is 10.2 Å². The number of aryl methyl sites for hydroxylation is 2. The van der Waals surface area contributed by atoms with Gasteiger partial charge in [-0.05, 0) is 25.5 Å². The Kier molecular flexibility index (Phi) is 5.34. The van der Waals surface area contributed by atoms with E-state index in [0.717, 1.165) is 41.5 Å². The molecule has 1 N–H and O–H groups in total. The van der Waals surface area contributed by atoms with Crippen molar-refractivity contribution >= 4 is 39.2 Å². The Hall–Kier alpha value is -2.81. The fourth-order valence-electron chi connectivity index (χ4n) is 3.27. The first kappa shape index (κ1) is 18.5. The fraction of sp³-hybridized carbons (Fsp3) is 0.421. The van der Waals surface area contributed by atoms with E-state index in [2.05, 4.69) is 43.1 Å². The van der Waals surface area contributed by atoms with E-state index in [4.69, 9.17) is 0 Å². The summed E-state index contributed by atoms with van der Waals surface area (Å²) < 4.78 is 0. The third kappa shape index (κ3) is 3.89.